The number of amides is 2. The number of hydrogen-bond acceptors (Lipinski definition) is 5. The number of ether oxygens (including phenoxy) is 2. The van der Waals surface area contributed by atoms with Crippen LogP contribution in [0.1, 0.15) is 22.0 Å². The number of anilines is 1. The Balaban J connectivity index is 1.53. The maximum absolute atomic E-state index is 13.9. The highest BCUT2D eigenvalue weighted by Gasteiger charge is 2.33. The zero-order chi connectivity index (χ0) is 24.7. The normalized spacial score (nSPS) is 13.0. The molecule has 4 aromatic rings. The van der Waals surface area contributed by atoms with Crippen molar-refractivity contribution in [1.29, 1.82) is 0 Å². The highest BCUT2D eigenvalue weighted by atomic mass is 32.1. The van der Waals surface area contributed by atoms with E-state index in [1.165, 1.54) is 11.3 Å². The van der Waals surface area contributed by atoms with Crippen LogP contribution < -0.4 is 19.7 Å². The lowest BCUT2D eigenvalue weighted by Crippen LogP contribution is -2.44. The molecule has 0 radical (unpaired) electrons. The second-order valence-corrected chi connectivity index (χ2v) is 9.40. The summed E-state index contributed by atoms with van der Waals surface area (Å²) in [7, 11) is 0. The molecule has 1 aliphatic rings. The van der Waals surface area contributed by atoms with Crippen molar-refractivity contribution in [1.82, 2.24) is 5.32 Å². The van der Waals surface area contributed by atoms with E-state index in [0.717, 1.165) is 16.0 Å². The van der Waals surface area contributed by atoms with Crippen molar-refractivity contribution in [3.05, 3.63) is 112 Å². The molecule has 2 amide bonds. The minimum atomic E-state index is -0.870. The van der Waals surface area contributed by atoms with Crippen LogP contribution in [0, 0.1) is 0 Å². The molecular weight excluding hydrogens is 472 g/mol. The van der Waals surface area contributed by atoms with Crippen LogP contribution in [-0.4, -0.2) is 25.0 Å². The summed E-state index contributed by atoms with van der Waals surface area (Å²) in [4.78, 5) is 30.1. The van der Waals surface area contributed by atoms with Gasteiger partial charge in [-0.25, -0.2) is 0 Å². The third-order valence-electron chi connectivity index (χ3n) is 5.91. The van der Waals surface area contributed by atoms with Gasteiger partial charge in [0.15, 0.2) is 11.5 Å². The van der Waals surface area contributed by atoms with Crippen LogP contribution in [0.4, 0.5) is 5.69 Å². The fourth-order valence-corrected chi connectivity index (χ4v) is 4.90. The number of benzene rings is 3. The molecule has 1 atom stereocenters. The lowest BCUT2D eigenvalue weighted by Gasteiger charge is -2.32. The Morgan fingerprint density at radius 1 is 0.861 bits per heavy atom. The number of rotatable bonds is 8. The summed E-state index contributed by atoms with van der Waals surface area (Å²) in [5, 5.41) is 4.98. The monoisotopic (exact) mass is 498 g/mol. The Labute approximate surface area is 214 Å². The smallest absolute Gasteiger partial charge is 0.248 e. The van der Waals surface area contributed by atoms with Crippen molar-refractivity contribution in [2.24, 2.45) is 0 Å². The molecule has 0 saturated carbocycles. The van der Waals surface area contributed by atoms with Crippen LogP contribution >= 0.6 is 11.3 Å². The molecule has 0 aliphatic carbocycles. The minimum absolute atomic E-state index is 0.182. The van der Waals surface area contributed by atoms with Crippen molar-refractivity contribution in [2.45, 2.75) is 19.0 Å². The van der Waals surface area contributed by atoms with Crippen LogP contribution in [0.15, 0.2) is 96.4 Å². The van der Waals surface area contributed by atoms with Gasteiger partial charge in [-0.1, -0.05) is 66.7 Å². The van der Waals surface area contributed by atoms with E-state index in [1.807, 2.05) is 78.2 Å². The van der Waals surface area contributed by atoms with E-state index in [9.17, 15) is 9.59 Å². The maximum Gasteiger partial charge on any atom is 0.248 e. The molecule has 0 bridgehead atoms. The van der Waals surface area contributed by atoms with E-state index in [4.69, 9.17) is 9.47 Å². The topological polar surface area (TPSA) is 67.9 Å². The van der Waals surface area contributed by atoms with Gasteiger partial charge in [0.05, 0.1) is 6.42 Å². The van der Waals surface area contributed by atoms with Gasteiger partial charge < -0.3 is 14.8 Å². The molecule has 0 saturated heterocycles. The lowest BCUT2D eigenvalue weighted by atomic mass is 10.0. The quantitative estimate of drug-likeness (QED) is 0.365. The molecule has 6 nitrogen and oxygen atoms in total. The van der Waals surface area contributed by atoms with E-state index >= 15 is 0 Å². The van der Waals surface area contributed by atoms with Crippen molar-refractivity contribution in [3.8, 4) is 11.5 Å². The average Bonchev–Trinajstić information content (AvgIpc) is 3.44. The predicted molar refractivity (Wildman–Crippen MR) is 140 cm³/mol. The van der Waals surface area contributed by atoms with Crippen molar-refractivity contribution in [3.63, 3.8) is 0 Å². The number of fused-ring (bicyclic) bond motifs is 1. The molecule has 2 heterocycles. The fraction of sp³-hybridized carbons (Fsp3) is 0.172. The van der Waals surface area contributed by atoms with E-state index in [1.54, 1.807) is 23.1 Å². The first-order valence-corrected chi connectivity index (χ1v) is 12.7. The van der Waals surface area contributed by atoms with E-state index in [-0.39, 0.29) is 18.2 Å². The van der Waals surface area contributed by atoms with Crippen molar-refractivity contribution in [2.75, 3.05) is 18.1 Å². The van der Waals surface area contributed by atoms with Gasteiger partial charge in [-0.2, -0.15) is 0 Å². The van der Waals surface area contributed by atoms with Gasteiger partial charge in [-0.15, -0.1) is 11.3 Å². The largest absolute Gasteiger partial charge is 0.486 e. The van der Waals surface area contributed by atoms with E-state index < -0.39 is 6.04 Å². The fourth-order valence-electron chi connectivity index (χ4n) is 4.20. The first-order valence-electron chi connectivity index (χ1n) is 11.8. The number of thiophene rings is 1. The Bertz CT molecular complexity index is 1310. The van der Waals surface area contributed by atoms with Crippen molar-refractivity contribution >= 4 is 28.8 Å². The predicted octanol–water partition coefficient (Wildman–Crippen LogP) is 5.15. The van der Waals surface area contributed by atoms with Gasteiger partial charge in [-0.05, 0) is 34.7 Å². The molecule has 5 rings (SSSR count). The summed E-state index contributed by atoms with van der Waals surface area (Å²) in [5.41, 5.74) is 2.27. The number of nitrogens with one attached hydrogen (secondary N) is 1. The molecule has 3 aromatic carbocycles. The number of carbonyl (C=O) groups is 2. The Morgan fingerprint density at radius 2 is 1.58 bits per heavy atom. The standard InChI is InChI=1S/C29H26N2O4S/c32-27(19-24-12-7-17-36-24)31(23-13-14-25-26(18-23)35-16-15-34-25)28(22-10-5-2-6-11-22)29(33)30-20-21-8-3-1-4-9-21/h1-14,17-18,28H,15-16,19-20H2,(H,30,33)/t28-/m0/s1. The zero-order valence-electron chi connectivity index (χ0n) is 19.6. The van der Waals surface area contributed by atoms with Gasteiger partial charge in [-0.3, -0.25) is 14.5 Å². The molecule has 7 heteroatoms. The first-order chi connectivity index (χ1) is 17.7. The molecule has 1 aromatic heterocycles. The summed E-state index contributed by atoms with van der Waals surface area (Å²) in [5.74, 6) is 0.738. The van der Waals surface area contributed by atoms with Crippen LogP contribution in [-0.2, 0) is 22.6 Å². The minimum Gasteiger partial charge on any atom is -0.486 e. The van der Waals surface area contributed by atoms with Gasteiger partial charge in [0.1, 0.15) is 19.3 Å². The highest BCUT2D eigenvalue weighted by molar-refractivity contribution is 7.10. The Kier molecular flexibility index (Phi) is 7.28. The molecule has 0 unspecified atom stereocenters. The zero-order valence-corrected chi connectivity index (χ0v) is 20.4. The molecule has 0 fully saturated rings. The molecule has 182 valence electrons. The second kappa shape index (κ2) is 11.1. The van der Waals surface area contributed by atoms with Crippen LogP contribution in [0.25, 0.3) is 0 Å². The lowest BCUT2D eigenvalue weighted by molar-refractivity contribution is -0.126. The molecule has 1 N–H and O–H groups in total. The summed E-state index contributed by atoms with van der Waals surface area (Å²) < 4.78 is 11.5. The summed E-state index contributed by atoms with van der Waals surface area (Å²) >= 11 is 1.52. The Morgan fingerprint density at radius 3 is 2.31 bits per heavy atom. The van der Waals surface area contributed by atoms with Gasteiger partial charge >= 0.3 is 0 Å². The third kappa shape index (κ3) is 5.42. The molecule has 36 heavy (non-hydrogen) atoms. The molecule has 1 aliphatic heterocycles. The highest BCUT2D eigenvalue weighted by Crippen LogP contribution is 2.37. The summed E-state index contributed by atoms with van der Waals surface area (Å²) in [6.07, 6.45) is 0.182. The van der Waals surface area contributed by atoms with Crippen LogP contribution in [0.3, 0.4) is 0 Å². The van der Waals surface area contributed by atoms with E-state index in [2.05, 4.69) is 5.32 Å². The van der Waals surface area contributed by atoms with E-state index in [0.29, 0.717) is 36.9 Å². The first kappa shape index (κ1) is 23.6. The van der Waals surface area contributed by atoms with Gasteiger partial charge in [0, 0.05) is 23.2 Å². The average molecular weight is 499 g/mol. The third-order valence-corrected chi connectivity index (χ3v) is 6.79. The van der Waals surface area contributed by atoms with Crippen LogP contribution in [0.5, 0.6) is 11.5 Å². The number of carbonyl (C=O) groups excluding carboxylic acids is 2. The molecule has 0 spiro atoms. The van der Waals surface area contributed by atoms with Crippen LogP contribution in [0.2, 0.25) is 0 Å². The maximum atomic E-state index is 13.9. The summed E-state index contributed by atoms with van der Waals surface area (Å²) in [6, 6.07) is 27.5. The summed E-state index contributed by atoms with van der Waals surface area (Å²) in [6.45, 7) is 1.26. The number of nitrogens with zero attached hydrogens (tertiary/aromatic N) is 1. The van der Waals surface area contributed by atoms with Gasteiger partial charge in [0.25, 0.3) is 0 Å². The van der Waals surface area contributed by atoms with Crippen molar-refractivity contribution < 1.29 is 19.1 Å². The number of hydrogen-bond donors (Lipinski definition) is 1. The Hall–Kier alpha value is -4.10. The SMILES string of the molecule is O=C(NCc1ccccc1)[C@H](c1ccccc1)N(C(=O)Cc1cccs1)c1ccc2c(c1)OCCO2. The second-order valence-electron chi connectivity index (χ2n) is 8.36. The van der Waals surface area contributed by atoms with Gasteiger partial charge in [0.2, 0.25) is 11.8 Å². The molecular formula is C29H26N2O4S.